The average molecular weight is 408 g/mol. The molecule has 0 saturated carbocycles. The van der Waals surface area contributed by atoms with Crippen molar-refractivity contribution in [2.24, 2.45) is 5.92 Å². The summed E-state index contributed by atoms with van der Waals surface area (Å²) in [6.45, 7) is 10.8. The normalized spacial score (nSPS) is 19.3. The zero-order valence-electron chi connectivity index (χ0n) is 19.1. The Morgan fingerprint density at radius 2 is 1.83 bits per heavy atom. The number of nitrogens with zero attached hydrogens (tertiary/aromatic N) is 1. The fraction of sp³-hybridized carbons (Fsp3) is 0.519. The minimum absolute atomic E-state index is 0.0746. The summed E-state index contributed by atoms with van der Waals surface area (Å²) in [5, 5.41) is 0. The van der Waals surface area contributed by atoms with Gasteiger partial charge >= 0.3 is 0 Å². The summed E-state index contributed by atoms with van der Waals surface area (Å²) in [7, 11) is 0. The summed E-state index contributed by atoms with van der Waals surface area (Å²) >= 11 is 0. The molecule has 1 heterocycles. The van der Waals surface area contributed by atoms with E-state index in [1.54, 1.807) is 0 Å². The van der Waals surface area contributed by atoms with E-state index in [-0.39, 0.29) is 11.5 Å². The van der Waals surface area contributed by atoms with Crippen LogP contribution in [0.1, 0.15) is 69.1 Å². The summed E-state index contributed by atoms with van der Waals surface area (Å²) in [6, 6.07) is 19.3. The topological polar surface area (TPSA) is 29.5 Å². The van der Waals surface area contributed by atoms with E-state index in [0.717, 1.165) is 32.4 Å². The van der Waals surface area contributed by atoms with Crippen molar-refractivity contribution in [2.45, 2.75) is 71.4 Å². The minimum atomic E-state index is -0.0746. The van der Waals surface area contributed by atoms with Crippen LogP contribution in [-0.4, -0.2) is 29.6 Å². The molecule has 1 saturated heterocycles. The molecule has 1 amide bonds. The number of amides is 1. The van der Waals surface area contributed by atoms with Crippen molar-refractivity contribution in [2.75, 3.05) is 13.2 Å². The molecule has 3 rings (SSSR count). The van der Waals surface area contributed by atoms with Crippen LogP contribution in [0.2, 0.25) is 0 Å². The summed E-state index contributed by atoms with van der Waals surface area (Å²) in [5.74, 6) is 1.25. The first-order chi connectivity index (χ1) is 14.4. The third kappa shape index (κ3) is 6.18. The second-order valence-corrected chi connectivity index (χ2v) is 9.32. The SMILES string of the molecule is CCC(=O)N(CCC(c1ccc(C)cc1)C1CCOC(C)(C)C1)Cc1ccccc1. The molecule has 2 atom stereocenters. The van der Waals surface area contributed by atoms with Gasteiger partial charge in [0.25, 0.3) is 0 Å². The predicted molar refractivity (Wildman–Crippen MR) is 123 cm³/mol. The van der Waals surface area contributed by atoms with E-state index >= 15 is 0 Å². The molecule has 162 valence electrons. The van der Waals surface area contributed by atoms with Gasteiger partial charge in [-0.05, 0) is 63.0 Å². The van der Waals surface area contributed by atoms with Gasteiger partial charge in [-0.15, -0.1) is 0 Å². The van der Waals surface area contributed by atoms with Gasteiger partial charge in [0.2, 0.25) is 5.91 Å². The van der Waals surface area contributed by atoms with Gasteiger partial charge in [-0.1, -0.05) is 67.1 Å². The number of hydrogen-bond acceptors (Lipinski definition) is 2. The molecular weight excluding hydrogens is 370 g/mol. The van der Waals surface area contributed by atoms with E-state index < -0.39 is 0 Å². The Morgan fingerprint density at radius 1 is 1.13 bits per heavy atom. The third-order valence-corrected chi connectivity index (χ3v) is 6.39. The van der Waals surface area contributed by atoms with E-state index in [2.05, 4.69) is 57.2 Å². The summed E-state index contributed by atoms with van der Waals surface area (Å²) in [6.07, 6.45) is 3.68. The van der Waals surface area contributed by atoms with Gasteiger partial charge in [0, 0.05) is 26.1 Å². The number of carbonyl (C=O) groups is 1. The molecule has 3 heteroatoms. The van der Waals surface area contributed by atoms with E-state index in [0.29, 0.717) is 24.8 Å². The van der Waals surface area contributed by atoms with Crippen LogP contribution in [0.25, 0.3) is 0 Å². The predicted octanol–water partition coefficient (Wildman–Crippen LogP) is 6.11. The lowest BCUT2D eigenvalue weighted by molar-refractivity contribution is -0.131. The number of hydrogen-bond donors (Lipinski definition) is 0. The molecule has 2 unspecified atom stereocenters. The summed E-state index contributed by atoms with van der Waals surface area (Å²) in [4.78, 5) is 14.7. The first-order valence-corrected chi connectivity index (χ1v) is 11.4. The van der Waals surface area contributed by atoms with Crippen molar-refractivity contribution >= 4 is 5.91 Å². The van der Waals surface area contributed by atoms with Crippen molar-refractivity contribution in [3.63, 3.8) is 0 Å². The Kier molecular flexibility index (Phi) is 7.71. The minimum Gasteiger partial charge on any atom is -0.376 e. The molecule has 0 bridgehead atoms. The van der Waals surface area contributed by atoms with Gasteiger partial charge in [-0.2, -0.15) is 0 Å². The molecule has 0 N–H and O–H groups in total. The number of benzene rings is 2. The molecule has 2 aromatic rings. The highest BCUT2D eigenvalue weighted by atomic mass is 16.5. The number of carbonyl (C=O) groups excluding carboxylic acids is 1. The molecular formula is C27H37NO2. The molecule has 30 heavy (non-hydrogen) atoms. The molecule has 0 spiro atoms. The van der Waals surface area contributed by atoms with Gasteiger partial charge in [0.05, 0.1) is 5.60 Å². The Balaban J connectivity index is 1.78. The molecule has 2 aromatic carbocycles. The summed E-state index contributed by atoms with van der Waals surface area (Å²) < 4.78 is 6.00. The van der Waals surface area contributed by atoms with Gasteiger partial charge < -0.3 is 9.64 Å². The zero-order chi connectivity index (χ0) is 21.6. The highest BCUT2D eigenvalue weighted by Gasteiger charge is 2.34. The first-order valence-electron chi connectivity index (χ1n) is 11.4. The maximum Gasteiger partial charge on any atom is 0.222 e. The molecule has 1 fully saturated rings. The quantitative estimate of drug-likeness (QED) is 0.528. The van der Waals surface area contributed by atoms with Crippen molar-refractivity contribution in [1.82, 2.24) is 4.90 Å². The molecule has 3 nitrogen and oxygen atoms in total. The lowest BCUT2D eigenvalue weighted by Gasteiger charge is -2.40. The van der Waals surface area contributed by atoms with Crippen molar-refractivity contribution < 1.29 is 9.53 Å². The van der Waals surface area contributed by atoms with Crippen LogP contribution in [0.4, 0.5) is 0 Å². The van der Waals surface area contributed by atoms with Gasteiger partial charge in [-0.25, -0.2) is 0 Å². The number of rotatable bonds is 8. The van der Waals surface area contributed by atoms with Crippen LogP contribution in [0.15, 0.2) is 54.6 Å². The fourth-order valence-electron chi connectivity index (χ4n) is 4.72. The van der Waals surface area contributed by atoms with Crippen LogP contribution in [0.5, 0.6) is 0 Å². The van der Waals surface area contributed by atoms with E-state index in [1.165, 1.54) is 16.7 Å². The number of ether oxygens (including phenoxy) is 1. The van der Waals surface area contributed by atoms with E-state index in [4.69, 9.17) is 4.74 Å². The lowest BCUT2D eigenvalue weighted by atomic mass is 9.75. The maximum atomic E-state index is 12.7. The molecule has 1 aliphatic heterocycles. The van der Waals surface area contributed by atoms with Crippen LogP contribution < -0.4 is 0 Å². The summed E-state index contributed by atoms with van der Waals surface area (Å²) in [5.41, 5.74) is 3.80. The van der Waals surface area contributed by atoms with Gasteiger partial charge in [0.15, 0.2) is 0 Å². The molecule has 0 radical (unpaired) electrons. The Morgan fingerprint density at radius 3 is 2.47 bits per heavy atom. The van der Waals surface area contributed by atoms with Crippen LogP contribution in [0, 0.1) is 12.8 Å². The molecule has 0 aromatic heterocycles. The highest BCUT2D eigenvalue weighted by molar-refractivity contribution is 5.75. The lowest BCUT2D eigenvalue weighted by Crippen LogP contribution is -2.38. The first kappa shape index (κ1) is 22.6. The van der Waals surface area contributed by atoms with Crippen molar-refractivity contribution in [3.05, 3.63) is 71.3 Å². The second kappa shape index (κ2) is 10.3. The fourth-order valence-corrected chi connectivity index (χ4v) is 4.72. The Labute approximate surface area is 182 Å². The largest absolute Gasteiger partial charge is 0.376 e. The monoisotopic (exact) mass is 407 g/mol. The van der Waals surface area contributed by atoms with E-state index in [1.807, 2.05) is 30.0 Å². The highest BCUT2D eigenvalue weighted by Crippen LogP contribution is 2.40. The van der Waals surface area contributed by atoms with Gasteiger partial charge in [0.1, 0.15) is 0 Å². The maximum absolute atomic E-state index is 12.7. The van der Waals surface area contributed by atoms with Crippen molar-refractivity contribution in [1.29, 1.82) is 0 Å². The standard InChI is InChI=1S/C27H37NO2/c1-5-26(29)28(20-22-9-7-6-8-10-22)17-15-25(23-13-11-21(2)12-14-23)24-16-18-30-27(3,4)19-24/h6-14,24-25H,5,15-20H2,1-4H3. The third-order valence-electron chi connectivity index (χ3n) is 6.39. The average Bonchev–Trinajstić information content (AvgIpc) is 2.74. The Bertz CT molecular complexity index is 797. The zero-order valence-corrected chi connectivity index (χ0v) is 19.1. The van der Waals surface area contributed by atoms with Crippen LogP contribution in [-0.2, 0) is 16.1 Å². The smallest absolute Gasteiger partial charge is 0.222 e. The Hall–Kier alpha value is -2.13. The van der Waals surface area contributed by atoms with Crippen molar-refractivity contribution in [3.8, 4) is 0 Å². The van der Waals surface area contributed by atoms with Crippen LogP contribution in [0.3, 0.4) is 0 Å². The second-order valence-electron chi connectivity index (χ2n) is 9.32. The van der Waals surface area contributed by atoms with Crippen LogP contribution >= 0.6 is 0 Å². The van der Waals surface area contributed by atoms with Gasteiger partial charge in [-0.3, -0.25) is 4.79 Å². The molecule has 0 aliphatic carbocycles. The molecule has 1 aliphatic rings. The number of aryl methyl sites for hydroxylation is 1. The van der Waals surface area contributed by atoms with E-state index in [9.17, 15) is 4.79 Å².